The number of halogens is 1. The van der Waals surface area contributed by atoms with Gasteiger partial charge < -0.3 is 5.32 Å². The Kier molecular flexibility index (Phi) is 4.61. The highest BCUT2D eigenvalue weighted by Crippen LogP contribution is 2.14. The molecule has 0 fully saturated rings. The number of fused-ring (bicyclic) bond motifs is 1. The lowest BCUT2D eigenvalue weighted by atomic mass is 10.1. The van der Waals surface area contributed by atoms with E-state index in [1.54, 1.807) is 0 Å². The van der Waals surface area contributed by atoms with Crippen molar-refractivity contribution in [3.05, 3.63) is 75.8 Å². The molecule has 3 aromatic rings. The maximum absolute atomic E-state index is 13.5. The molecule has 0 saturated carbocycles. The van der Waals surface area contributed by atoms with Crippen LogP contribution in [0.1, 0.15) is 35.9 Å². The smallest absolute Gasteiger partial charge is 0.276 e. The summed E-state index contributed by atoms with van der Waals surface area (Å²) in [6.45, 7) is 4.12. The first-order valence-corrected chi connectivity index (χ1v) is 8.07. The fourth-order valence-corrected chi connectivity index (χ4v) is 2.74. The summed E-state index contributed by atoms with van der Waals surface area (Å²) >= 11 is 0. The molecule has 0 spiro atoms. The van der Waals surface area contributed by atoms with Crippen molar-refractivity contribution in [3.8, 4) is 0 Å². The highest BCUT2D eigenvalue weighted by molar-refractivity contribution is 5.95. The average Bonchev–Trinajstić information content (AvgIpc) is 2.63. The highest BCUT2D eigenvalue weighted by atomic mass is 19.1. The molecule has 3 rings (SSSR count). The summed E-state index contributed by atoms with van der Waals surface area (Å²) in [7, 11) is 0. The quantitative estimate of drug-likeness (QED) is 0.794. The molecule has 0 aliphatic rings. The highest BCUT2D eigenvalue weighted by Gasteiger charge is 2.19. The topological polar surface area (TPSA) is 64.0 Å². The Labute approximate surface area is 144 Å². The molecule has 2 aromatic carbocycles. The Bertz CT molecular complexity index is 983. The van der Waals surface area contributed by atoms with Crippen LogP contribution in [-0.4, -0.2) is 15.7 Å². The van der Waals surface area contributed by atoms with Gasteiger partial charge in [0.2, 0.25) is 5.43 Å². The molecule has 0 saturated heterocycles. The van der Waals surface area contributed by atoms with Gasteiger partial charge in [0.15, 0.2) is 5.69 Å². The Balaban J connectivity index is 2.01. The van der Waals surface area contributed by atoms with Crippen LogP contribution in [0.25, 0.3) is 10.9 Å². The Morgan fingerprint density at radius 1 is 1.24 bits per heavy atom. The molecule has 6 heteroatoms. The number of hydrogen-bond donors (Lipinski definition) is 1. The van der Waals surface area contributed by atoms with E-state index in [0.29, 0.717) is 12.1 Å². The summed E-state index contributed by atoms with van der Waals surface area (Å²) in [5.74, 6) is -1.10. The lowest BCUT2D eigenvalue weighted by molar-refractivity contribution is 0.0931. The first-order chi connectivity index (χ1) is 12.0. The van der Waals surface area contributed by atoms with E-state index in [1.165, 1.54) is 16.8 Å². The standard InChI is InChI=1S/C19H18FN3O2/c1-3-23-16-10-9-14(20)11-15(16)18(24)17(22-23)19(25)21-12(2)13-7-5-4-6-8-13/h4-12H,3H2,1-2H3,(H,21,25). The van der Waals surface area contributed by atoms with Crippen LogP contribution in [0.5, 0.6) is 0 Å². The number of rotatable bonds is 4. The van der Waals surface area contributed by atoms with E-state index >= 15 is 0 Å². The fourth-order valence-electron chi connectivity index (χ4n) is 2.74. The van der Waals surface area contributed by atoms with Crippen LogP contribution in [0.3, 0.4) is 0 Å². The van der Waals surface area contributed by atoms with E-state index in [2.05, 4.69) is 10.4 Å². The van der Waals surface area contributed by atoms with Crippen LogP contribution in [0, 0.1) is 5.82 Å². The zero-order chi connectivity index (χ0) is 18.0. The molecule has 5 nitrogen and oxygen atoms in total. The van der Waals surface area contributed by atoms with Crippen molar-refractivity contribution in [2.75, 3.05) is 0 Å². The van der Waals surface area contributed by atoms with Gasteiger partial charge in [0, 0.05) is 6.54 Å². The summed E-state index contributed by atoms with van der Waals surface area (Å²) in [5, 5.41) is 7.09. The monoisotopic (exact) mass is 339 g/mol. The van der Waals surface area contributed by atoms with E-state index in [-0.39, 0.29) is 17.1 Å². The molecule has 1 heterocycles. The van der Waals surface area contributed by atoms with Gasteiger partial charge in [-0.3, -0.25) is 14.3 Å². The normalized spacial score (nSPS) is 12.1. The van der Waals surface area contributed by atoms with Gasteiger partial charge in [0.25, 0.3) is 5.91 Å². The minimum absolute atomic E-state index is 0.148. The van der Waals surface area contributed by atoms with Gasteiger partial charge in [-0.1, -0.05) is 30.3 Å². The van der Waals surface area contributed by atoms with Gasteiger partial charge in [-0.2, -0.15) is 5.10 Å². The number of hydrogen-bond acceptors (Lipinski definition) is 3. The third-order valence-corrected chi connectivity index (χ3v) is 4.08. The number of nitrogens with zero attached hydrogens (tertiary/aromatic N) is 2. The summed E-state index contributed by atoms with van der Waals surface area (Å²) in [4.78, 5) is 25.2. The molecule has 128 valence electrons. The minimum atomic E-state index is -0.574. The van der Waals surface area contributed by atoms with E-state index in [1.807, 2.05) is 44.2 Å². The third-order valence-electron chi connectivity index (χ3n) is 4.08. The number of nitrogens with one attached hydrogen (secondary N) is 1. The molecular formula is C19H18FN3O2. The number of amides is 1. The lowest BCUT2D eigenvalue weighted by Crippen LogP contribution is -2.33. The molecule has 0 bridgehead atoms. The van der Waals surface area contributed by atoms with Crippen molar-refractivity contribution in [1.29, 1.82) is 0 Å². The largest absolute Gasteiger partial charge is 0.344 e. The van der Waals surface area contributed by atoms with Crippen LogP contribution < -0.4 is 10.7 Å². The van der Waals surface area contributed by atoms with Crippen molar-refractivity contribution in [3.63, 3.8) is 0 Å². The van der Waals surface area contributed by atoms with Crippen molar-refractivity contribution in [2.45, 2.75) is 26.4 Å². The molecule has 1 unspecified atom stereocenters. The summed E-state index contributed by atoms with van der Waals surface area (Å²) in [5.41, 5.74) is 0.611. The van der Waals surface area contributed by atoms with Crippen LogP contribution in [0.2, 0.25) is 0 Å². The maximum atomic E-state index is 13.5. The van der Waals surface area contributed by atoms with E-state index < -0.39 is 17.2 Å². The number of aromatic nitrogens is 2. The molecule has 0 aliphatic carbocycles. The molecule has 25 heavy (non-hydrogen) atoms. The number of carbonyl (C=O) groups excluding carboxylic acids is 1. The summed E-state index contributed by atoms with van der Waals surface area (Å²) in [6, 6.07) is 13.0. The first kappa shape index (κ1) is 16.8. The van der Waals surface area contributed by atoms with E-state index in [0.717, 1.165) is 11.6 Å². The molecule has 1 amide bonds. The van der Waals surface area contributed by atoms with Gasteiger partial charge in [-0.05, 0) is 37.6 Å². The van der Waals surface area contributed by atoms with Crippen LogP contribution in [0.4, 0.5) is 4.39 Å². The van der Waals surface area contributed by atoms with Crippen LogP contribution in [0.15, 0.2) is 53.3 Å². The molecule has 1 aromatic heterocycles. The van der Waals surface area contributed by atoms with Crippen molar-refractivity contribution < 1.29 is 9.18 Å². The first-order valence-electron chi connectivity index (χ1n) is 8.07. The lowest BCUT2D eigenvalue weighted by Gasteiger charge is -2.15. The second-order valence-corrected chi connectivity index (χ2v) is 5.76. The molecule has 1 atom stereocenters. The third kappa shape index (κ3) is 3.28. The Morgan fingerprint density at radius 2 is 1.96 bits per heavy atom. The maximum Gasteiger partial charge on any atom is 0.276 e. The second kappa shape index (κ2) is 6.84. The van der Waals surface area contributed by atoms with Gasteiger partial charge in [-0.15, -0.1) is 0 Å². The predicted octanol–water partition coefficient (Wildman–Crippen LogP) is 3.05. The van der Waals surface area contributed by atoms with E-state index in [9.17, 15) is 14.0 Å². The molecular weight excluding hydrogens is 321 g/mol. The van der Waals surface area contributed by atoms with Crippen LogP contribution in [-0.2, 0) is 6.54 Å². The van der Waals surface area contributed by atoms with Gasteiger partial charge in [0.05, 0.1) is 16.9 Å². The Morgan fingerprint density at radius 3 is 2.64 bits per heavy atom. The second-order valence-electron chi connectivity index (χ2n) is 5.76. The van der Waals surface area contributed by atoms with Gasteiger partial charge >= 0.3 is 0 Å². The molecule has 0 aliphatic heterocycles. The van der Waals surface area contributed by atoms with Crippen LogP contribution >= 0.6 is 0 Å². The fraction of sp³-hybridized carbons (Fsp3) is 0.211. The van der Waals surface area contributed by atoms with Crippen molar-refractivity contribution >= 4 is 16.8 Å². The van der Waals surface area contributed by atoms with Crippen molar-refractivity contribution in [1.82, 2.24) is 15.1 Å². The van der Waals surface area contributed by atoms with E-state index in [4.69, 9.17) is 0 Å². The number of carbonyl (C=O) groups is 1. The molecule has 0 radical (unpaired) electrons. The molecule has 1 N–H and O–H groups in total. The Hall–Kier alpha value is -3.02. The zero-order valence-corrected chi connectivity index (χ0v) is 14.0. The number of aryl methyl sites for hydroxylation is 1. The number of benzene rings is 2. The van der Waals surface area contributed by atoms with Gasteiger partial charge in [-0.25, -0.2) is 4.39 Å². The summed E-state index contributed by atoms with van der Waals surface area (Å²) in [6.07, 6.45) is 0. The summed E-state index contributed by atoms with van der Waals surface area (Å²) < 4.78 is 15.1. The average molecular weight is 339 g/mol. The minimum Gasteiger partial charge on any atom is -0.344 e. The van der Waals surface area contributed by atoms with Gasteiger partial charge in [0.1, 0.15) is 5.82 Å². The SMILES string of the molecule is CCn1nc(C(=O)NC(C)c2ccccc2)c(=O)c2cc(F)ccc21. The predicted molar refractivity (Wildman–Crippen MR) is 94.0 cm³/mol. The van der Waals surface area contributed by atoms with Crippen molar-refractivity contribution in [2.24, 2.45) is 0 Å². The zero-order valence-electron chi connectivity index (χ0n) is 14.0.